The van der Waals surface area contributed by atoms with Gasteiger partial charge in [0, 0.05) is 19.2 Å². The first-order chi connectivity index (χ1) is 8.49. The van der Waals surface area contributed by atoms with Gasteiger partial charge in [0.05, 0.1) is 13.2 Å². The minimum atomic E-state index is -0.0214. The Morgan fingerprint density at radius 3 is 2.50 bits per heavy atom. The number of rotatable bonds is 5. The Morgan fingerprint density at radius 2 is 2.00 bits per heavy atom. The summed E-state index contributed by atoms with van der Waals surface area (Å²) >= 11 is 0. The van der Waals surface area contributed by atoms with Crippen LogP contribution in [0.4, 0.5) is 0 Å². The van der Waals surface area contributed by atoms with E-state index in [2.05, 4.69) is 0 Å². The quantitative estimate of drug-likeness (QED) is 0.807. The lowest BCUT2D eigenvalue weighted by Crippen LogP contribution is -2.26. The van der Waals surface area contributed by atoms with Crippen LogP contribution in [0.25, 0.3) is 0 Å². The van der Waals surface area contributed by atoms with Crippen molar-refractivity contribution in [2.45, 2.75) is 26.9 Å². The third-order valence-electron chi connectivity index (χ3n) is 2.59. The molecule has 0 saturated carbocycles. The van der Waals surface area contributed by atoms with Gasteiger partial charge < -0.3 is 14.4 Å². The average Bonchev–Trinajstić information content (AvgIpc) is 2.36. The number of methoxy groups -OCH3 is 1. The zero-order valence-corrected chi connectivity index (χ0v) is 11.7. The van der Waals surface area contributed by atoms with Gasteiger partial charge in [-0.2, -0.15) is 0 Å². The Labute approximate surface area is 108 Å². The fraction of sp³-hybridized carbons (Fsp3) is 0.500. The molecule has 1 rings (SSSR count). The predicted octanol–water partition coefficient (Wildman–Crippen LogP) is 2.57. The van der Waals surface area contributed by atoms with Crippen molar-refractivity contribution in [3.05, 3.63) is 23.8 Å². The minimum absolute atomic E-state index is 0.0214. The normalized spacial score (nSPS) is 10.3. The molecule has 4 nitrogen and oxygen atoms in total. The van der Waals surface area contributed by atoms with Crippen LogP contribution >= 0.6 is 0 Å². The Hall–Kier alpha value is -1.71. The SMILES string of the molecule is CCN(C)C(=O)c1ccc(OC(C)C)c(OC)c1. The van der Waals surface area contributed by atoms with Gasteiger partial charge in [0.15, 0.2) is 11.5 Å². The van der Waals surface area contributed by atoms with Gasteiger partial charge in [-0.25, -0.2) is 0 Å². The molecule has 18 heavy (non-hydrogen) atoms. The largest absolute Gasteiger partial charge is 0.493 e. The van der Waals surface area contributed by atoms with E-state index >= 15 is 0 Å². The van der Waals surface area contributed by atoms with Crippen LogP contribution in [0.2, 0.25) is 0 Å². The summed E-state index contributed by atoms with van der Waals surface area (Å²) in [7, 11) is 3.34. The van der Waals surface area contributed by atoms with Crippen LogP contribution in [0.15, 0.2) is 18.2 Å². The van der Waals surface area contributed by atoms with Gasteiger partial charge in [-0.15, -0.1) is 0 Å². The molecule has 0 aliphatic rings. The fourth-order valence-corrected chi connectivity index (χ4v) is 1.52. The van der Waals surface area contributed by atoms with Crippen molar-refractivity contribution in [3.8, 4) is 11.5 Å². The van der Waals surface area contributed by atoms with E-state index in [4.69, 9.17) is 9.47 Å². The molecule has 4 heteroatoms. The number of hydrogen-bond acceptors (Lipinski definition) is 3. The maximum absolute atomic E-state index is 12.0. The molecule has 0 spiro atoms. The molecule has 1 aromatic rings. The van der Waals surface area contributed by atoms with Crippen molar-refractivity contribution in [2.24, 2.45) is 0 Å². The molecule has 1 aromatic carbocycles. The Balaban J connectivity index is 3.01. The Morgan fingerprint density at radius 1 is 1.33 bits per heavy atom. The zero-order chi connectivity index (χ0) is 13.7. The molecule has 0 saturated heterocycles. The van der Waals surface area contributed by atoms with Crippen LogP contribution in [-0.4, -0.2) is 37.6 Å². The molecular weight excluding hydrogens is 230 g/mol. The Bertz CT molecular complexity index is 416. The maximum atomic E-state index is 12.0. The third kappa shape index (κ3) is 3.39. The highest BCUT2D eigenvalue weighted by Crippen LogP contribution is 2.29. The molecule has 0 aliphatic carbocycles. The van der Waals surface area contributed by atoms with Crippen molar-refractivity contribution >= 4 is 5.91 Å². The number of ether oxygens (including phenoxy) is 2. The van der Waals surface area contributed by atoms with Gasteiger partial charge in [0.1, 0.15) is 0 Å². The van der Waals surface area contributed by atoms with Gasteiger partial charge in [0.25, 0.3) is 5.91 Å². The molecule has 0 fully saturated rings. The number of carbonyl (C=O) groups is 1. The minimum Gasteiger partial charge on any atom is -0.493 e. The molecule has 0 aromatic heterocycles. The van der Waals surface area contributed by atoms with E-state index in [0.29, 0.717) is 23.6 Å². The number of nitrogens with zero attached hydrogens (tertiary/aromatic N) is 1. The number of benzene rings is 1. The van der Waals surface area contributed by atoms with E-state index in [9.17, 15) is 4.79 Å². The van der Waals surface area contributed by atoms with Gasteiger partial charge in [-0.05, 0) is 39.0 Å². The van der Waals surface area contributed by atoms with E-state index in [1.807, 2.05) is 20.8 Å². The summed E-state index contributed by atoms with van der Waals surface area (Å²) in [5.74, 6) is 1.22. The van der Waals surface area contributed by atoms with E-state index in [1.54, 1.807) is 37.3 Å². The number of hydrogen-bond donors (Lipinski definition) is 0. The zero-order valence-electron chi connectivity index (χ0n) is 11.7. The van der Waals surface area contributed by atoms with Gasteiger partial charge in [0.2, 0.25) is 0 Å². The van der Waals surface area contributed by atoms with E-state index < -0.39 is 0 Å². The highest BCUT2D eigenvalue weighted by molar-refractivity contribution is 5.94. The van der Waals surface area contributed by atoms with Crippen LogP contribution in [0.1, 0.15) is 31.1 Å². The van der Waals surface area contributed by atoms with Gasteiger partial charge >= 0.3 is 0 Å². The standard InChI is InChI=1S/C14H21NO3/c1-6-15(4)14(16)11-7-8-12(18-10(2)3)13(9-11)17-5/h7-10H,6H2,1-5H3. The summed E-state index contributed by atoms with van der Waals surface area (Å²) in [6, 6.07) is 5.25. The number of carbonyl (C=O) groups excluding carboxylic acids is 1. The molecule has 1 amide bonds. The monoisotopic (exact) mass is 251 g/mol. The second-order valence-corrected chi connectivity index (χ2v) is 4.35. The van der Waals surface area contributed by atoms with Crippen LogP contribution in [0, 0.1) is 0 Å². The van der Waals surface area contributed by atoms with E-state index in [0.717, 1.165) is 0 Å². The molecule has 100 valence electrons. The van der Waals surface area contributed by atoms with Gasteiger partial charge in [-0.1, -0.05) is 0 Å². The Kier molecular flexibility index (Phi) is 5.01. The second-order valence-electron chi connectivity index (χ2n) is 4.35. The molecular formula is C14H21NO3. The molecule has 0 bridgehead atoms. The maximum Gasteiger partial charge on any atom is 0.253 e. The van der Waals surface area contributed by atoms with Crippen LogP contribution < -0.4 is 9.47 Å². The summed E-state index contributed by atoms with van der Waals surface area (Å²) in [4.78, 5) is 13.7. The van der Waals surface area contributed by atoms with Crippen molar-refractivity contribution < 1.29 is 14.3 Å². The summed E-state index contributed by atoms with van der Waals surface area (Å²) in [6.07, 6.45) is 0.0683. The predicted molar refractivity (Wildman–Crippen MR) is 71.4 cm³/mol. The average molecular weight is 251 g/mol. The van der Waals surface area contributed by atoms with Crippen molar-refractivity contribution in [1.29, 1.82) is 0 Å². The van der Waals surface area contributed by atoms with Gasteiger partial charge in [-0.3, -0.25) is 4.79 Å². The van der Waals surface area contributed by atoms with E-state index in [1.165, 1.54) is 0 Å². The summed E-state index contributed by atoms with van der Waals surface area (Å²) in [5.41, 5.74) is 0.604. The number of amides is 1. The molecule has 0 radical (unpaired) electrons. The first-order valence-corrected chi connectivity index (χ1v) is 6.09. The topological polar surface area (TPSA) is 38.8 Å². The lowest BCUT2D eigenvalue weighted by molar-refractivity contribution is 0.0802. The second kappa shape index (κ2) is 6.28. The summed E-state index contributed by atoms with van der Waals surface area (Å²) in [6.45, 7) is 6.50. The highest BCUT2D eigenvalue weighted by Gasteiger charge is 2.14. The lowest BCUT2D eigenvalue weighted by atomic mass is 10.1. The molecule has 0 atom stereocenters. The fourth-order valence-electron chi connectivity index (χ4n) is 1.52. The molecule has 0 N–H and O–H groups in total. The summed E-state index contributed by atoms with van der Waals surface area (Å²) < 4.78 is 10.9. The third-order valence-corrected chi connectivity index (χ3v) is 2.59. The molecule has 0 aliphatic heterocycles. The van der Waals surface area contributed by atoms with Crippen molar-refractivity contribution in [1.82, 2.24) is 4.90 Å². The molecule has 0 unspecified atom stereocenters. The van der Waals surface area contributed by atoms with E-state index in [-0.39, 0.29) is 12.0 Å². The van der Waals surface area contributed by atoms with Crippen molar-refractivity contribution in [2.75, 3.05) is 20.7 Å². The van der Waals surface area contributed by atoms with Crippen LogP contribution in [-0.2, 0) is 0 Å². The van der Waals surface area contributed by atoms with Crippen molar-refractivity contribution in [3.63, 3.8) is 0 Å². The highest BCUT2D eigenvalue weighted by atomic mass is 16.5. The first-order valence-electron chi connectivity index (χ1n) is 6.09. The molecule has 0 heterocycles. The van der Waals surface area contributed by atoms with Crippen LogP contribution in [0.5, 0.6) is 11.5 Å². The van der Waals surface area contributed by atoms with Crippen LogP contribution in [0.3, 0.4) is 0 Å². The summed E-state index contributed by atoms with van der Waals surface area (Å²) in [5, 5.41) is 0. The first kappa shape index (κ1) is 14.4. The lowest BCUT2D eigenvalue weighted by Gasteiger charge is -2.17. The smallest absolute Gasteiger partial charge is 0.253 e.